The SMILES string of the molecule is Cc1cc(CBr)ccc1-n1cc(S(C)(=O)=O)cn1. The fraction of sp³-hybridized carbons (Fsp3) is 0.250. The van der Waals surface area contributed by atoms with E-state index in [0.717, 1.165) is 16.6 Å². The Balaban J connectivity index is 2.47. The van der Waals surface area contributed by atoms with E-state index < -0.39 is 9.84 Å². The third kappa shape index (κ3) is 2.64. The van der Waals surface area contributed by atoms with E-state index in [0.29, 0.717) is 0 Å². The molecule has 0 aliphatic rings. The van der Waals surface area contributed by atoms with Crippen LogP contribution in [0.1, 0.15) is 11.1 Å². The summed E-state index contributed by atoms with van der Waals surface area (Å²) in [6.45, 7) is 1.98. The van der Waals surface area contributed by atoms with E-state index in [1.54, 1.807) is 4.68 Å². The summed E-state index contributed by atoms with van der Waals surface area (Å²) in [6, 6.07) is 5.97. The van der Waals surface area contributed by atoms with Gasteiger partial charge < -0.3 is 0 Å². The van der Waals surface area contributed by atoms with Crippen LogP contribution in [-0.4, -0.2) is 24.5 Å². The van der Waals surface area contributed by atoms with Crippen molar-refractivity contribution in [3.63, 3.8) is 0 Å². The van der Waals surface area contributed by atoms with Crippen molar-refractivity contribution < 1.29 is 8.42 Å². The minimum atomic E-state index is -3.21. The van der Waals surface area contributed by atoms with Crippen molar-refractivity contribution in [3.8, 4) is 5.69 Å². The van der Waals surface area contributed by atoms with Gasteiger partial charge in [-0.1, -0.05) is 28.1 Å². The second kappa shape index (κ2) is 4.85. The van der Waals surface area contributed by atoms with Crippen LogP contribution in [0.25, 0.3) is 5.69 Å². The van der Waals surface area contributed by atoms with Crippen molar-refractivity contribution in [1.82, 2.24) is 9.78 Å². The predicted octanol–water partition coefficient (Wildman–Crippen LogP) is 2.48. The van der Waals surface area contributed by atoms with Gasteiger partial charge in [0.1, 0.15) is 4.90 Å². The lowest BCUT2D eigenvalue weighted by Crippen LogP contribution is -1.99. The number of hydrogen-bond donors (Lipinski definition) is 0. The fourth-order valence-corrected chi connectivity index (χ4v) is 2.57. The van der Waals surface area contributed by atoms with E-state index in [1.807, 2.05) is 25.1 Å². The number of benzene rings is 1. The summed E-state index contributed by atoms with van der Waals surface area (Å²) >= 11 is 3.40. The molecule has 18 heavy (non-hydrogen) atoms. The Labute approximate surface area is 115 Å². The first-order valence-corrected chi connectivity index (χ1v) is 8.33. The zero-order valence-electron chi connectivity index (χ0n) is 10.1. The monoisotopic (exact) mass is 328 g/mol. The number of hydrogen-bond acceptors (Lipinski definition) is 3. The molecule has 0 N–H and O–H groups in total. The Kier molecular flexibility index (Phi) is 3.59. The highest BCUT2D eigenvalue weighted by molar-refractivity contribution is 9.08. The van der Waals surface area contributed by atoms with Crippen molar-refractivity contribution in [3.05, 3.63) is 41.7 Å². The lowest BCUT2D eigenvalue weighted by molar-refractivity contribution is 0.602. The smallest absolute Gasteiger partial charge is 0.178 e. The van der Waals surface area contributed by atoms with E-state index in [2.05, 4.69) is 21.0 Å². The van der Waals surface area contributed by atoms with E-state index >= 15 is 0 Å². The van der Waals surface area contributed by atoms with Crippen LogP contribution >= 0.6 is 15.9 Å². The van der Waals surface area contributed by atoms with Gasteiger partial charge in [-0.05, 0) is 24.1 Å². The largest absolute Gasteiger partial charge is 0.239 e. The Morgan fingerprint density at radius 3 is 2.61 bits per heavy atom. The summed E-state index contributed by atoms with van der Waals surface area (Å²) in [5.41, 5.74) is 3.11. The lowest BCUT2D eigenvalue weighted by Gasteiger charge is -2.07. The van der Waals surface area contributed by atoms with Crippen LogP contribution in [0.15, 0.2) is 35.5 Å². The predicted molar refractivity (Wildman–Crippen MR) is 74.0 cm³/mol. The Morgan fingerprint density at radius 2 is 2.11 bits per heavy atom. The fourth-order valence-electron chi connectivity index (χ4n) is 1.69. The summed E-state index contributed by atoms with van der Waals surface area (Å²) in [4.78, 5) is 0.228. The third-order valence-electron chi connectivity index (χ3n) is 2.65. The van der Waals surface area contributed by atoms with Crippen LogP contribution < -0.4 is 0 Å². The molecule has 1 aromatic carbocycles. The molecule has 0 saturated heterocycles. The van der Waals surface area contributed by atoms with E-state index in [1.165, 1.54) is 24.2 Å². The van der Waals surface area contributed by atoms with E-state index in [-0.39, 0.29) is 4.90 Å². The average molecular weight is 329 g/mol. The van der Waals surface area contributed by atoms with Gasteiger partial charge >= 0.3 is 0 Å². The molecule has 0 aliphatic carbocycles. The quantitative estimate of drug-likeness (QED) is 0.813. The topological polar surface area (TPSA) is 52.0 Å². The van der Waals surface area contributed by atoms with Crippen molar-refractivity contribution in [1.29, 1.82) is 0 Å². The first-order chi connectivity index (χ1) is 8.41. The summed E-state index contributed by atoms with van der Waals surface area (Å²) in [7, 11) is -3.21. The van der Waals surface area contributed by atoms with Gasteiger partial charge in [0.15, 0.2) is 9.84 Å². The molecule has 0 unspecified atom stereocenters. The van der Waals surface area contributed by atoms with Crippen LogP contribution in [0.4, 0.5) is 0 Å². The summed E-state index contributed by atoms with van der Waals surface area (Å²) in [5.74, 6) is 0. The molecule has 1 aromatic heterocycles. The van der Waals surface area contributed by atoms with Crippen molar-refractivity contribution in [2.75, 3.05) is 6.26 Å². The molecule has 96 valence electrons. The minimum absolute atomic E-state index is 0.228. The maximum absolute atomic E-state index is 11.4. The molecule has 0 radical (unpaired) electrons. The minimum Gasteiger partial charge on any atom is -0.239 e. The van der Waals surface area contributed by atoms with Gasteiger partial charge in [-0.15, -0.1) is 0 Å². The van der Waals surface area contributed by atoms with Gasteiger partial charge in [0.05, 0.1) is 11.9 Å². The molecule has 2 aromatic rings. The number of aryl methyl sites for hydroxylation is 1. The molecular weight excluding hydrogens is 316 g/mol. The molecule has 6 heteroatoms. The molecule has 0 bridgehead atoms. The Bertz CT molecular complexity index is 677. The van der Waals surface area contributed by atoms with Crippen LogP contribution in [0.3, 0.4) is 0 Å². The van der Waals surface area contributed by atoms with Gasteiger partial charge in [-0.3, -0.25) is 0 Å². The second-order valence-electron chi connectivity index (χ2n) is 4.15. The summed E-state index contributed by atoms with van der Waals surface area (Å²) in [6.07, 6.45) is 4.08. The highest BCUT2D eigenvalue weighted by atomic mass is 79.9. The van der Waals surface area contributed by atoms with Crippen LogP contribution in [0.5, 0.6) is 0 Å². The van der Waals surface area contributed by atoms with Crippen molar-refractivity contribution in [2.45, 2.75) is 17.1 Å². The van der Waals surface area contributed by atoms with Gasteiger partial charge in [0.25, 0.3) is 0 Å². The standard InChI is InChI=1S/C12H13BrN2O2S/c1-9-5-10(6-13)3-4-12(9)15-8-11(7-14-15)18(2,16)17/h3-5,7-8H,6H2,1-2H3. The number of rotatable bonds is 3. The van der Waals surface area contributed by atoms with Crippen molar-refractivity contribution in [2.24, 2.45) is 0 Å². The normalized spacial score (nSPS) is 11.7. The zero-order chi connectivity index (χ0) is 13.3. The number of nitrogens with zero attached hydrogens (tertiary/aromatic N) is 2. The van der Waals surface area contributed by atoms with Gasteiger partial charge in [0.2, 0.25) is 0 Å². The molecule has 0 fully saturated rings. The first-order valence-electron chi connectivity index (χ1n) is 5.32. The molecule has 4 nitrogen and oxygen atoms in total. The van der Waals surface area contributed by atoms with Crippen LogP contribution in [0.2, 0.25) is 0 Å². The number of halogens is 1. The average Bonchev–Trinajstić information content (AvgIpc) is 2.77. The lowest BCUT2D eigenvalue weighted by atomic mass is 10.1. The number of aromatic nitrogens is 2. The molecule has 0 amide bonds. The van der Waals surface area contributed by atoms with Gasteiger partial charge in [0, 0.05) is 17.8 Å². The molecule has 0 spiro atoms. The first kappa shape index (κ1) is 13.3. The maximum atomic E-state index is 11.4. The highest BCUT2D eigenvalue weighted by Crippen LogP contribution is 2.18. The second-order valence-corrected chi connectivity index (χ2v) is 6.72. The molecule has 2 rings (SSSR count). The van der Waals surface area contributed by atoms with Crippen LogP contribution in [0, 0.1) is 6.92 Å². The number of sulfone groups is 1. The van der Waals surface area contributed by atoms with E-state index in [4.69, 9.17) is 0 Å². The van der Waals surface area contributed by atoms with E-state index in [9.17, 15) is 8.42 Å². The van der Waals surface area contributed by atoms with Gasteiger partial charge in [-0.25, -0.2) is 13.1 Å². The van der Waals surface area contributed by atoms with Crippen molar-refractivity contribution >= 4 is 25.8 Å². The molecule has 0 saturated carbocycles. The number of alkyl halides is 1. The Hall–Kier alpha value is -1.14. The summed E-state index contributed by atoms with van der Waals surface area (Å²) in [5, 5.41) is 4.89. The molecule has 0 atom stereocenters. The Morgan fingerprint density at radius 1 is 1.39 bits per heavy atom. The maximum Gasteiger partial charge on any atom is 0.178 e. The summed E-state index contributed by atoms with van der Waals surface area (Å²) < 4.78 is 24.4. The molecule has 0 aliphatic heterocycles. The molecular formula is C12H13BrN2O2S. The molecule has 1 heterocycles. The third-order valence-corrected chi connectivity index (χ3v) is 4.36. The van der Waals surface area contributed by atoms with Gasteiger partial charge in [-0.2, -0.15) is 5.10 Å². The zero-order valence-corrected chi connectivity index (χ0v) is 12.5. The highest BCUT2D eigenvalue weighted by Gasteiger charge is 2.11. The van der Waals surface area contributed by atoms with Crippen LogP contribution in [-0.2, 0) is 15.2 Å².